The Hall–Kier alpha value is -3.25. The molecule has 0 saturated carbocycles. The molecule has 1 N–H and O–H groups in total. The van der Waals surface area contributed by atoms with Crippen LogP contribution >= 0.6 is 15.9 Å². The standard InChI is InChI=1S/C24H21BrN4O/c1-15-6-4-7-18(12-15)23-27-22(24(30)26-20-9-5-8-19(25)14-20)28-29(23)21-13-16(2)10-11-17(21)3/h4-14H,1-3H3,(H,26,30). The van der Waals surface area contributed by atoms with Gasteiger partial charge in [-0.25, -0.2) is 9.67 Å². The van der Waals surface area contributed by atoms with Gasteiger partial charge < -0.3 is 5.32 Å². The summed E-state index contributed by atoms with van der Waals surface area (Å²) in [6.07, 6.45) is 0. The minimum atomic E-state index is -0.356. The van der Waals surface area contributed by atoms with Crippen molar-refractivity contribution >= 4 is 27.5 Å². The van der Waals surface area contributed by atoms with Crippen molar-refractivity contribution < 1.29 is 4.79 Å². The molecule has 1 heterocycles. The molecule has 0 radical (unpaired) electrons. The van der Waals surface area contributed by atoms with Crippen molar-refractivity contribution in [3.8, 4) is 17.1 Å². The van der Waals surface area contributed by atoms with Gasteiger partial charge in [0.05, 0.1) is 5.69 Å². The lowest BCUT2D eigenvalue weighted by molar-refractivity contribution is 0.101. The molecule has 6 heteroatoms. The lowest BCUT2D eigenvalue weighted by Crippen LogP contribution is -2.14. The van der Waals surface area contributed by atoms with Gasteiger partial charge in [0.15, 0.2) is 5.82 Å². The van der Waals surface area contributed by atoms with E-state index in [1.165, 1.54) is 0 Å². The molecule has 1 amide bonds. The van der Waals surface area contributed by atoms with Crippen molar-refractivity contribution in [2.75, 3.05) is 5.32 Å². The monoisotopic (exact) mass is 460 g/mol. The lowest BCUT2D eigenvalue weighted by Gasteiger charge is -2.10. The van der Waals surface area contributed by atoms with Crippen molar-refractivity contribution in [1.82, 2.24) is 14.8 Å². The average molecular weight is 461 g/mol. The van der Waals surface area contributed by atoms with Crippen LogP contribution in [0, 0.1) is 20.8 Å². The maximum atomic E-state index is 12.9. The maximum absolute atomic E-state index is 12.9. The van der Waals surface area contributed by atoms with E-state index in [1.54, 1.807) is 4.68 Å². The minimum absolute atomic E-state index is 0.118. The number of nitrogens with zero attached hydrogens (tertiary/aromatic N) is 3. The fraction of sp³-hybridized carbons (Fsp3) is 0.125. The molecular weight excluding hydrogens is 440 g/mol. The number of aromatic nitrogens is 3. The van der Waals surface area contributed by atoms with Crippen molar-refractivity contribution in [2.24, 2.45) is 0 Å². The molecule has 1 aromatic heterocycles. The van der Waals surface area contributed by atoms with Gasteiger partial charge in [-0.05, 0) is 62.2 Å². The summed E-state index contributed by atoms with van der Waals surface area (Å²) >= 11 is 3.42. The Kier molecular flexibility index (Phi) is 5.50. The van der Waals surface area contributed by atoms with Crippen LogP contribution in [0.3, 0.4) is 0 Å². The highest BCUT2D eigenvalue weighted by atomic mass is 79.9. The number of hydrogen-bond donors (Lipinski definition) is 1. The van der Waals surface area contributed by atoms with Gasteiger partial charge in [0.2, 0.25) is 5.82 Å². The second-order valence-electron chi connectivity index (χ2n) is 7.29. The van der Waals surface area contributed by atoms with E-state index in [9.17, 15) is 4.79 Å². The molecule has 0 atom stereocenters. The van der Waals surface area contributed by atoms with E-state index in [-0.39, 0.29) is 11.7 Å². The van der Waals surface area contributed by atoms with Gasteiger partial charge in [0, 0.05) is 15.7 Å². The summed E-state index contributed by atoms with van der Waals surface area (Å²) < 4.78 is 2.64. The topological polar surface area (TPSA) is 59.8 Å². The number of rotatable bonds is 4. The van der Waals surface area contributed by atoms with Crippen LogP contribution in [0.5, 0.6) is 0 Å². The largest absolute Gasteiger partial charge is 0.319 e. The number of aryl methyl sites for hydroxylation is 3. The number of nitrogens with one attached hydrogen (secondary N) is 1. The van der Waals surface area contributed by atoms with Gasteiger partial charge in [0.25, 0.3) is 5.91 Å². The van der Waals surface area contributed by atoms with E-state index in [2.05, 4.69) is 43.5 Å². The summed E-state index contributed by atoms with van der Waals surface area (Å²) in [5.41, 5.74) is 5.77. The number of benzene rings is 3. The highest BCUT2D eigenvalue weighted by Crippen LogP contribution is 2.25. The number of hydrogen-bond acceptors (Lipinski definition) is 3. The first kappa shape index (κ1) is 20.0. The van der Waals surface area contributed by atoms with Crippen molar-refractivity contribution in [1.29, 1.82) is 0 Å². The molecule has 0 fully saturated rings. The van der Waals surface area contributed by atoms with Crippen LogP contribution in [-0.2, 0) is 0 Å². The normalized spacial score (nSPS) is 10.8. The fourth-order valence-electron chi connectivity index (χ4n) is 3.25. The summed E-state index contributed by atoms with van der Waals surface area (Å²) in [6, 6.07) is 21.6. The molecule has 0 bridgehead atoms. The van der Waals surface area contributed by atoms with Crippen molar-refractivity contribution in [3.63, 3.8) is 0 Å². The summed E-state index contributed by atoms with van der Waals surface area (Å²) in [5.74, 6) is 0.394. The Morgan fingerprint density at radius 3 is 2.47 bits per heavy atom. The molecule has 30 heavy (non-hydrogen) atoms. The molecule has 4 rings (SSSR count). The number of carbonyl (C=O) groups is 1. The van der Waals surface area contributed by atoms with Gasteiger partial charge in [-0.3, -0.25) is 4.79 Å². The van der Waals surface area contributed by atoms with E-state index in [0.29, 0.717) is 11.5 Å². The third-order valence-corrected chi connectivity index (χ3v) is 5.26. The highest BCUT2D eigenvalue weighted by molar-refractivity contribution is 9.10. The highest BCUT2D eigenvalue weighted by Gasteiger charge is 2.20. The fourth-order valence-corrected chi connectivity index (χ4v) is 3.65. The van der Waals surface area contributed by atoms with Crippen LogP contribution in [0.2, 0.25) is 0 Å². The van der Waals surface area contributed by atoms with E-state index in [4.69, 9.17) is 0 Å². The van der Waals surface area contributed by atoms with E-state index >= 15 is 0 Å². The van der Waals surface area contributed by atoms with E-state index in [0.717, 1.165) is 32.4 Å². The predicted octanol–water partition coefficient (Wildman–Crippen LogP) is 5.87. The zero-order valence-electron chi connectivity index (χ0n) is 17.0. The first-order valence-corrected chi connectivity index (χ1v) is 10.4. The average Bonchev–Trinajstić information content (AvgIpc) is 3.15. The number of amides is 1. The van der Waals surface area contributed by atoms with Gasteiger partial charge in [-0.1, -0.05) is 57.9 Å². The summed E-state index contributed by atoms with van der Waals surface area (Å²) in [6.45, 7) is 6.09. The maximum Gasteiger partial charge on any atom is 0.295 e. The summed E-state index contributed by atoms with van der Waals surface area (Å²) in [5, 5.41) is 7.46. The molecule has 0 aliphatic rings. The number of halogens is 1. The molecular formula is C24H21BrN4O. The zero-order valence-corrected chi connectivity index (χ0v) is 18.6. The number of carbonyl (C=O) groups excluding carboxylic acids is 1. The smallest absolute Gasteiger partial charge is 0.295 e. The van der Waals surface area contributed by atoms with Gasteiger partial charge in [0.1, 0.15) is 0 Å². The number of anilines is 1. The third kappa shape index (κ3) is 4.19. The summed E-state index contributed by atoms with van der Waals surface area (Å²) in [7, 11) is 0. The van der Waals surface area contributed by atoms with Crippen LogP contribution in [0.25, 0.3) is 17.1 Å². The second-order valence-corrected chi connectivity index (χ2v) is 8.21. The molecule has 3 aromatic carbocycles. The van der Waals surface area contributed by atoms with Gasteiger partial charge in [-0.15, -0.1) is 5.10 Å². The first-order valence-electron chi connectivity index (χ1n) is 9.59. The van der Waals surface area contributed by atoms with Crippen molar-refractivity contribution in [3.05, 3.63) is 93.7 Å². The van der Waals surface area contributed by atoms with Crippen molar-refractivity contribution in [2.45, 2.75) is 20.8 Å². The van der Waals surface area contributed by atoms with Gasteiger partial charge >= 0.3 is 0 Å². The Balaban J connectivity index is 1.81. The molecule has 0 saturated heterocycles. The SMILES string of the molecule is Cc1cccc(-c2nc(C(=O)Nc3cccc(Br)c3)nn2-c2cc(C)ccc2C)c1. The van der Waals surface area contributed by atoms with Crippen LogP contribution in [0.4, 0.5) is 5.69 Å². The minimum Gasteiger partial charge on any atom is -0.319 e. The second kappa shape index (κ2) is 8.24. The zero-order chi connectivity index (χ0) is 21.3. The quantitative estimate of drug-likeness (QED) is 0.413. The van der Waals surface area contributed by atoms with Crippen LogP contribution < -0.4 is 5.32 Å². The molecule has 0 unspecified atom stereocenters. The lowest BCUT2D eigenvalue weighted by atomic mass is 10.1. The van der Waals surface area contributed by atoms with Crippen LogP contribution in [-0.4, -0.2) is 20.7 Å². The molecule has 0 spiro atoms. The Morgan fingerprint density at radius 2 is 1.70 bits per heavy atom. The Labute approximate surface area is 183 Å². The third-order valence-electron chi connectivity index (χ3n) is 4.76. The first-order chi connectivity index (χ1) is 14.4. The Bertz CT molecular complexity index is 1250. The van der Waals surface area contributed by atoms with E-state index < -0.39 is 0 Å². The molecule has 4 aromatic rings. The molecule has 150 valence electrons. The molecule has 0 aliphatic carbocycles. The van der Waals surface area contributed by atoms with Crippen LogP contribution in [0.1, 0.15) is 27.3 Å². The van der Waals surface area contributed by atoms with E-state index in [1.807, 2.05) is 75.4 Å². The Morgan fingerprint density at radius 1 is 0.933 bits per heavy atom. The molecule has 5 nitrogen and oxygen atoms in total. The van der Waals surface area contributed by atoms with Crippen LogP contribution in [0.15, 0.2) is 71.2 Å². The predicted molar refractivity (Wildman–Crippen MR) is 123 cm³/mol. The molecule has 0 aliphatic heterocycles. The summed E-state index contributed by atoms with van der Waals surface area (Å²) in [4.78, 5) is 17.5. The van der Waals surface area contributed by atoms with Gasteiger partial charge in [-0.2, -0.15) is 0 Å².